The third-order valence-corrected chi connectivity index (χ3v) is 9.57. The van der Waals surface area contributed by atoms with Crippen LogP contribution in [0.25, 0.3) is 0 Å². The Morgan fingerprint density at radius 1 is 0.590 bits per heavy atom. The Labute approximate surface area is 370 Å². The third-order valence-electron chi connectivity index (χ3n) is 8.58. The molecule has 344 valence electrons. The van der Waals surface area contributed by atoms with Crippen LogP contribution < -0.4 is 0 Å². The lowest BCUT2D eigenvalue weighted by atomic mass is 10.1. The van der Waals surface area contributed by atoms with Crippen molar-refractivity contribution in [3.63, 3.8) is 0 Å². The number of likely N-dealkylation sites (N-methyl/N-ethyl adjacent to an activating group) is 1. The van der Waals surface area contributed by atoms with Crippen molar-refractivity contribution in [3.05, 3.63) is 122 Å². The Hall–Kier alpha value is -3.63. The fourth-order valence-electron chi connectivity index (χ4n) is 5.11. The van der Waals surface area contributed by atoms with E-state index in [2.05, 4.69) is 80.7 Å². The van der Waals surface area contributed by atoms with Crippen LogP contribution in [0.2, 0.25) is 0 Å². The van der Waals surface area contributed by atoms with E-state index < -0.39 is 38.6 Å². The van der Waals surface area contributed by atoms with Crippen LogP contribution in [0.1, 0.15) is 123 Å². The van der Waals surface area contributed by atoms with Crippen LogP contribution in [0.5, 0.6) is 0 Å². The Bertz CT molecular complexity index is 1460. The molecule has 0 aliphatic carbocycles. The third kappa shape index (κ3) is 44.2. The Morgan fingerprint density at radius 2 is 1.11 bits per heavy atom. The second-order valence-corrected chi connectivity index (χ2v) is 17.0. The minimum absolute atomic E-state index is 0.000841. The zero-order valence-electron chi connectivity index (χ0n) is 38.2. The monoisotopic (exact) mass is 871 g/mol. The molecule has 0 fully saturated rings. The summed E-state index contributed by atoms with van der Waals surface area (Å²) in [5.74, 6) is -0.969. The van der Waals surface area contributed by atoms with Gasteiger partial charge in [-0.1, -0.05) is 148 Å². The molecule has 10 nitrogen and oxygen atoms in total. The number of ether oxygens (including phenoxy) is 2. The number of aliphatic hydroxyl groups excluding tert-OH is 1. The SMILES string of the molecule is CC/C=C\C/C=C\C/C=C\C/C=C\CCCCCCC(=O)O[C@H](COC(=O)CC/C=C\C/C=C\C/C=C\C=C\C(O)C/C=C\C/C=C\CC)COP(=O)(O)OCC[N+](C)(C)C. The Morgan fingerprint density at radius 3 is 1.70 bits per heavy atom. The number of quaternary nitrogens is 1. The lowest BCUT2D eigenvalue weighted by Crippen LogP contribution is -2.37. The molecule has 2 unspecified atom stereocenters. The highest BCUT2D eigenvalue weighted by molar-refractivity contribution is 7.47. The lowest BCUT2D eigenvalue weighted by Gasteiger charge is -2.24. The van der Waals surface area contributed by atoms with Crippen molar-refractivity contribution < 1.29 is 47.2 Å². The van der Waals surface area contributed by atoms with Crippen LogP contribution in [-0.4, -0.2) is 86.1 Å². The summed E-state index contributed by atoms with van der Waals surface area (Å²) < 4.78 is 34.2. The summed E-state index contributed by atoms with van der Waals surface area (Å²) in [5.41, 5.74) is 0. The van der Waals surface area contributed by atoms with E-state index in [1.54, 1.807) is 6.08 Å². The predicted octanol–water partition coefficient (Wildman–Crippen LogP) is 11.9. The maximum atomic E-state index is 12.7. The van der Waals surface area contributed by atoms with Gasteiger partial charge in [-0.2, -0.15) is 0 Å². The van der Waals surface area contributed by atoms with Crippen molar-refractivity contribution in [1.82, 2.24) is 0 Å². The van der Waals surface area contributed by atoms with Crippen LogP contribution in [0.15, 0.2) is 122 Å². The van der Waals surface area contributed by atoms with Crippen molar-refractivity contribution in [2.24, 2.45) is 0 Å². The van der Waals surface area contributed by atoms with Gasteiger partial charge in [0, 0.05) is 12.8 Å². The summed E-state index contributed by atoms with van der Waals surface area (Å²) in [5, 5.41) is 10.0. The van der Waals surface area contributed by atoms with Crippen LogP contribution in [0, 0.1) is 0 Å². The van der Waals surface area contributed by atoms with Gasteiger partial charge < -0.3 is 24.0 Å². The van der Waals surface area contributed by atoms with E-state index in [4.69, 9.17) is 18.5 Å². The van der Waals surface area contributed by atoms with E-state index >= 15 is 0 Å². The van der Waals surface area contributed by atoms with Gasteiger partial charge in [0.15, 0.2) is 6.10 Å². The first-order valence-corrected chi connectivity index (χ1v) is 23.9. The molecule has 11 heteroatoms. The highest BCUT2D eigenvalue weighted by Gasteiger charge is 2.27. The first-order valence-electron chi connectivity index (χ1n) is 22.4. The van der Waals surface area contributed by atoms with Crippen molar-refractivity contribution in [2.75, 3.05) is 47.5 Å². The van der Waals surface area contributed by atoms with Crippen LogP contribution >= 0.6 is 7.82 Å². The first kappa shape index (κ1) is 57.4. The fourth-order valence-corrected chi connectivity index (χ4v) is 5.85. The number of hydrogen-bond acceptors (Lipinski definition) is 8. The number of aliphatic hydroxyl groups is 1. The van der Waals surface area contributed by atoms with Crippen molar-refractivity contribution in [1.29, 1.82) is 0 Å². The van der Waals surface area contributed by atoms with E-state index in [1.165, 1.54) is 0 Å². The minimum Gasteiger partial charge on any atom is -0.462 e. The van der Waals surface area contributed by atoms with Crippen molar-refractivity contribution >= 4 is 19.8 Å². The van der Waals surface area contributed by atoms with Gasteiger partial charge in [0.1, 0.15) is 19.8 Å². The second-order valence-electron chi connectivity index (χ2n) is 15.5. The van der Waals surface area contributed by atoms with Gasteiger partial charge in [-0.25, -0.2) is 4.57 Å². The molecule has 0 saturated heterocycles. The van der Waals surface area contributed by atoms with Crippen molar-refractivity contribution in [3.8, 4) is 0 Å². The second kappa shape index (κ2) is 40.4. The number of phosphoric acid groups is 1. The molecule has 0 aromatic heterocycles. The van der Waals surface area contributed by atoms with Gasteiger partial charge in [0.05, 0.1) is 33.9 Å². The molecule has 0 spiro atoms. The van der Waals surface area contributed by atoms with Gasteiger partial charge in [-0.3, -0.25) is 18.6 Å². The number of unbranched alkanes of at least 4 members (excludes halogenated alkanes) is 4. The molecular formula is C50H81NO9P+. The summed E-state index contributed by atoms with van der Waals surface area (Å²) in [6.45, 7) is 3.96. The molecular weight excluding hydrogens is 790 g/mol. The van der Waals surface area contributed by atoms with E-state index in [9.17, 15) is 24.2 Å². The number of nitrogens with zero attached hydrogens (tertiary/aromatic N) is 1. The van der Waals surface area contributed by atoms with Gasteiger partial charge in [0.2, 0.25) is 0 Å². The number of carbonyl (C=O) groups is 2. The Kier molecular flexibility index (Phi) is 38.0. The average molecular weight is 871 g/mol. The molecule has 0 heterocycles. The van der Waals surface area contributed by atoms with E-state index in [0.717, 1.165) is 77.0 Å². The van der Waals surface area contributed by atoms with Gasteiger partial charge >= 0.3 is 19.8 Å². The number of hydrogen-bond donors (Lipinski definition) is 2. The molecule has 0 radical (unpaired) electrons. The van der Waals surface area contributed by atoms with Crippen LogP contribution in [-0.2, 0) is 32.7 Å². The fraction of sp³-hybridized carbons (Fsp3) is 0.560. The molecule has 0 amide bonds. The quantitative estimate of drug-likeness (QED) is 0.0156. The van der Waals surface area contributed by atoms with Crippen LogP contribution in [0.3, 0.4) is 0 Å². The molecule has 0 rings (SSSR count). The van der Waals surface area contributed by atoms with Gasteiger partial charge in [-0.15, -0.1) is 0 Å². The zero-order valence-corrected chi connectivity index (χ0v) is 39.1. The molecule has 3 atom stereocenters. The van der Waals surface area contributed by atoms with E-state index in [-0.39, 0.29) is 26.1 Å². The van der Waals surface area contributed by atoms with Crippen molar-refractivity contribution in [2.45, 2.75) is 135 Å². The standard InChI is InChI=1S/C50H80NO9P/c1-6-8-10-12-14-15-16-17-18-19-20-21-22-27-30-34-38-42-50(54)60-48(46-59-61(55,56)58-44-43-51(3,4)5)45-57-49(53)41-37-33-29-26-24-23-25-28-32-36-40-47(52)39-35-31-13-11-9-7-2/h8-11,14-15,17-18,20-21,23-24,28-29,31-33,35-36,40,47-48,52H,6-7,12-13,16,19,22,25-27,30,34,37-39,41-46H2,1-5H3/p+1/b10-8-,11-9-,15-14-,18-17-,21-20-,24-23-,32-28-,33-29-,35-31-,40-36+/t47?,48-/m1/s1. The topological polar surface area (TPSA) is 129 Å². The van der Waals surface area contributed by atoms with E-state index in [0.29, 0.717) is 30.3 Å². The number of esters is 2. The highest BCUT2D eigenvalue weighted by atomic mass is 31.2. The van der Waals surface area contributed by atoms with Gasteiger partial charge in [-0.05, 0) is 83.5 Å². The molecule has 0 aromatic carbocycles. The molecule has 0 saturated carbocycles. The molecule has 0 aliphatic heterocycles. The summed E-state index contributed by atoms with van der Waals surface area (Å²) >= 11 is 0. The van der Waals surface area contributed by atoms with E-state index in [1.807, 2.05) is 69.8 Å². The largest absolute Gasteiger partial charge is 0.472 e. The number of allylic oxidation sites excluding steroid dienone is 18. The molecule has 0 aromatic rings. The number of rotatable bonds is 38. The summed E-state index contributed by atoms with van der Waals surface area (Å²) in [7, 11) is 1.37. The summed E-state index contributed by atoms with van der Waals surface area (Å²) in [6.07, 6.45) is 52.9. The minimum atomic E-state index is -4.42. The average Bonchev–Trinajstić information content (AvgIpc) is 3.21. The molecule has 2 N–H and O–H groups in total. The summed E-state index contributed by atoms with van der Waals surface area (Å²) in [4.78, 5) is 35.4. The maximum Gasteiger partial charge on any atom is 0.472 e. The molecule has 61 heavy (non-hydrogen) atoms. The van der Waals surface area contributed by atoms with Gasteiger partial charge in [0.25, 0.3) is 0 Å². The number of phosphoric ester groups is 1. The van der Waals surface area contributed by atoms with Crippen LogP contribution in [0.4, 0.5) is 0 Å². The first-order chi connectivity index (χ1) is 29.4. The molecule has 0 aliphatic rings. The Balaban J connectivity index is 4.60. The smallest absolute Gasteiger partial charge is 0.462 e. The molecule has 0 bridgehead atoms. The highest BCUT2D eigenvalue weighted by Crippen LogP contribution is 2.43. The lowest BCUT2D eigenvalue weighted by molar-refractivity contribution is -0.870. The summed E-state index contributed by atoms with van der Waals surface area (Å²) in [6, 6.07) is 0. The zero-order chi connectivity index (χ0) is 45.1. The predicted molar refractivity (Wildman–Crippen MR) is 253 cm³/mol. The maximum absolute atomic E-state index is 12.7. The number of carbonyl (C=O) groups excluding carboxylic acids is 2. The normalized spacial score (nSPS) is 15.2.